The van der Waals surface area contributed by atoms with Gasteiger partial charge in [-0.15, -0.1) is 0 Å². The number of amides is 1. The summed E-state index contributed by atoms with van der Waals surface area (Å²) in [6.07, 6.45) is 1.44. The van der Waals surface area contributed by atoms with Gasteiger partial charge in [-0.05, 0) is 40.2 Å². The monoisotopic (exact) mass is 326 g/mol. The highest BCUT2D eigenvalue weighted by molar-refractivity contribution is 9.10. The Hall–Kier alpha value is -1.59. The highest BCUT2D eigenvalue weighted by atomic mass is 79.9. The highest BCUT2D eigenvalue weighted by Crippen LogP contribution is 2.27. The smallest absolute Gasteiger partial charge is 0.258 e. The fourth-order valence-electron chi connectivity index (χ4n) is 1.33. The number of pyridine rings is 1. The summed E-state index contributed by atoms with van der Waals surface area (Å²) in [4.78, 5) is 15.9. The molecule has 0 radical (unpaired) electrons. The van der Waals surface area contributed by atoms with Gasteiger partial charge in [0.15, 0.2) is 0 Å². The molecule has 0 aliphatic carbocycles. The minimum absolute atomic E-state index is 0.00622. The molecule has 0 saturated carbocycles. The van der Waals surface area contributed by atoms with Crippen molar-refractivity contribution in [3.63, 3.8) is 0 Å². The zero-order chi connectivity index (χ0) is 13.1. The molecule has 0 aliphatic heterocycles. The lowest BCUT2D eigenvalue weighted by Gasteiger charge is -2.07. The van der Waals surface area contributed by atoms with Crippen LogP contribution in [0.25, 0.3) is 0 Å². The molecule has 2 rings (SSSR count). The van der Waals surface area contributed by atoms with Gasteiger partial charge in [0, 0.05) is 6.20 Å². The minimum Gasteiger partial charge on any atom is -0.507 e. The standard InChI is InChI=1S/C12H8BrClN2O2/c13-11-8(2-1-3-9(11)17)12(18)16-10-5-4-7(14)6-15-10/h1-6,17H,(H,15,16,18). The van der Waals surface area contributed by atoms with Crippen molar-refractivity contribution >= 4 is 39.3 Å². The Morgan fingerprint density at radius 2 is 2.11 bits per heavy atom. The summed E-state index contributed by atoms with van der Waals surface area (Å²) in [6.45, 7) is 0. The van der Waals surface area contributed by atoms with Crippen LogP contribution in [0.2, 0.25) is 5.02 Å². The van der Waals surface area contributed by atoms with Crippen molar-refractivity contribution in [2.24, 2.45) is 0 Å². The zero-order valence-corrected chi connectivity index (χ0v) is 11.4. The first-order valence-corrected chi connectivity index (χ1v) is 6.15. The number of hydrogen-bond donors (Lipinski definition) is 2. The number of hydrogen-bond acceptors (Lipinski definition) is 3. The van der Waals surface area contributed by atoms with Gasteiger partial charge in [-0.3, -0.25) is 4.79 Å². The van der Waals surface area contributed by atoms with Gasteiger partial charge in [0.2, 0.25) is 0 Å². The molecule has 1 aromatic carbocycles. The summed E-state index contributed by atoms with van der Waals surface area (Å²) in [5.74, 6) is 0.0268. The molecular formula is C12H8BrClN2O2. The summed E-state index contributed by atoms with van der Waals surface area (Å²) in [5, 5.41) is 12.6. The number of aromatic nitrogens is 1. The van der Waals surface area contributed by atoms with E-state index in [1.807, 2.05) is 0 Å². The van der Waals surface area contributed by atoms with Crippen molar-refractivity contribution in [1.82, 2.24) is 4.98 Å². The van der Waals surface area contributed by atoms with Crippen molar-refractivity contribution in [2.45, 2.75) is 0 Å². The van der Waals surface area contributed by atoms with Gasteiger partial charge in [0.05, 0.1) is 15.1 Å². The first kappa shape index (κ1) is 12.9. The third kappa shape index (κ3) is 2.80. The quantitative estimate of drug-likeness (QED) is 0.888. The Balaban J connectivity index is 2.22. The topological polar surface area (TPSA) is 62.2 Å². The SMILES string of the molecule is O=C(Nc1ccc(Cl)cn1)c1cccc(O)c1Br. The summed E-state index contributed by atoms with van der Waals surface area (Å²) >= 11 is 8.85. The fourth-order valence-corrected chi connectivity index (χ4v) is 1.88. The Kier molecular flexibility index (Phi) is 3.84. The van der Waals surface area contributed by atoms with Gasteiger partial charge in [-0.25, -0.2) is 4.98 Å². The van der Waals surface area contributed by atoms with Crippen LogP contribution in [0, 0.1) is 0 Å². The second-order valence-corrected chi connectivity index (χ2v) is 4.68. The van der Waals surface area contributed by atoms with Gasteiger partial charge in [-0.1, -0.05) is 17.7 Å². The maximum Gasteiger partial charge on any atom is 0.258 e. The lowest BCUT2D eigenvalue weighted by molar-refractivity contribution is 0.102. The predicted molar refractivity (Wildman–Crippen MR) is 73.0 cm³/mol. The van der Waals surface area contributed by atoms with Gasteiger partial charge in [-0.2, -0.15) is 0 Å². The van der Waals surface area contributed by atoms with Gasteiger partial charge < -0.3 is 10.4 Å². The van der Waals surface area contributed by atoms with Crippen molar-refractivity contribution in [3.8, 4) is 5.75 Å². The van der Waals surface area contributed by atoms with Gasteiger partial charge in [0.1, 0.15) is 11.6 Å². The van der Waals surface area contributed by atoms with Crippen LogP contribution in [-0.2, 0) is 0 Å². The molecule has 0 bridgehead atoms. The molecule has 6 heteroatoms. The Morgan fingerprint density at radius 3 is 2.78 bits per heavy atom. The van der Waals surface area contributed by atoms with Crippen LogP contribution in [0.4, 0.5) is 5.82 Å². The Labute approximate surface area is 117 Å². The van der Waals surface area contributed by atoms with Crippen LogP contribution in [0.5, 0.6) is 5.75 Å². The molecule has 2 N–H and O–H groups in total. The molecule has 0 fully saturated rings. The number of anilines is 1. The summed E-state index contributed by atoms with van der Waals surface area (Å²) in [5.41, 5.74) is 0.326. The maximum absolute atomic E-state index is 11.9. The van der Waals surface area contributed by atoms with E-state index in [1.54, 1.807) is 24.3 Å². The molecule has 1 amide bonds. The number of rotatable bonds is 2. The molecule has 0 unspecified atom stereocenters. The second-order valence-electron chi connectivity index (χ2n) is 3.45. The molecule has 0 saturated heterocycles. The number of carbonyl (C=O) groups is 1. The Bertz CT molecular complexity index is 587. The van der Waals surface area contributed by atoms with Crippen LogP contribution >= 0.6 is 27.5 Å². The van der Waals surface area contributed by atoms with Crippen LogP contribution in [0.3, 0.4) is 0 Å². The lowest BCUT2D eigenvalue weighted by Crippen LogP contribution is -2.13. The Morgan fingerprint density at radius 1 is 1.33 bits per heavy atom. The molecule has 0 aliphatic rings. The van der Waals surface area contributed by atoms with Crippen molar-refractivity contribution in [3.05, 3.63) is 51.6 Å². The van der Waals surface area contributed by atoms with E-state index in [0.29, 0.717) is 20.9 Å². The van der Waals surface area contributed by atoms with Crippen molar-refractivity contribution < 1.29 is 9.90 Å². The maximum atomic E-state index is 11.9. The fraction of sp³-hybridized carbons (Fsp3) is 0. The van der Waals surface area contributed by atoms with E-state index >= 15 is 0 Å². The van der Waals surface area contributed by atoms with E-state index in [2.05, 4.69) is 26.2 Å². The van der Waals surface area contributed by atoms with Crippen molar-refractivity contribution in [1.29, 1.82) is 0 Å². The molecule has 4 nitrogen and oxygen atoms in total. The molecule has 0 spiro atoms. The van der Waals surface area contributed by atoms with E-state index in [9.17, 15) is 9.90 Å². The van der Waals surface area contributed by atoms with Crippen LogP contribution in [0.1, 0.15) is 10.4 Å². The molecule has 18 heavy (non-hydrogen) atoms. The third-order valence-electron chi connectivity index (χ3n) is 2.19. The van der Waals surface area contributed by atoms with E-state index < -0.39 is 0 Å². The van der Waals surface area contributed by atoms with Crippen LogP contribution in [0.15, 0.2) is 41.0 Å². The molecule has 1 aromatic heterocycles. The molecule has 2 aromatic rings. The number of phenolic OH excluding ortho intramolecular Hbond substituents is 1. The van der Waals surface area contributed by atoms with E-state index in [1.165, 1.54) is 12.3 Å². The highest BCUT2D eigenvalue weighted by Gasteiger charge is 2.13. The van der Waals surface area contributed by atoms with Crippen LogP contribution in [-0.4, -0.2) is 16.0 Å². The molecular weight excluding hydrogens is 320 g/mol. The summed E-state index contributed by atoms with van der Waals surface area (Å²) < 4.78 is 0.344. The molecule has 0 atom stereocenters. The molecule has 92 valence electrons. The van der Waals surface area contributed by atoms with Gasteiger partial charge in [0.25, 0.3) is 5.91 Å². The van der Waals surface area contributed by atoms with Gasteiger partial charge >= 0.3 is 0 Å². The van der Waals surface area contributed by atoms with Crippen molar-refractivity contribution in [2.75, 3.05) is 5.32 Å². The number of benzene rings is 1. The minimum atomic E-state index is -0.368. The number of halogens is 2. The average molecular weight is 328 g/mol. The third-order valence-corrected chi connectivity index (χ3v) is 3.25. The summed E-state index contributed by atoms with van der Waals surface area (Å²) in [7, 11) is 0. The number of phenols is 1. The molecule has 1 heterocycles. The second kappa shape index (κ2) is 5.37. The van der Waals surface area contributed by atoms with E-state index in [0.717, 1.165) is 0 Å². The normalized spacial score (nSPS) is 10.1. The van der Waals surface area contributed by atoms with Crippen LogP contribution < -0.4 is 5.32 Å². The number of nitrogens with zero attached hydrogens (tertiary/aromatic N) is 1. The number of aromatic hydroxyl groups is 1. The zero-order valence-electron chi connectivity index (χ0n) is 9.02. The lowest BCUT2D eigenvalue weighted by atomic mass is 10.2. The number of nitrogens with one attached hydrogen (secondary N) is 1. The largest absolute Gasteiger partial charge is 0.507 e. The number of carbonyl (C=O) groups excluding carboxylic acids is 1. The summed E-state index contributed by atoms with van der Waals surface area (Å²) in [6, 6.07) is 7.89. The predicted octanol–water partition coefficient (Wildman–Crippen LogP) is 3.46. The average Bonchev–Trinajstić information content (AvgIpc) is 2.35. The first-order chi connectivity index (χ1) is 8.58. The van der Waals surface area contributed by atoms with E-state index in [-0.39, 0.29) is 11.7 Å². The van der Waals surface area contributed by atoms with E-state index in [4.69, 9.17) is 11.6 Å². The first-order valence-electron chi connectivity index (χ1n) is 4.98.